The van der Waals surface area contributed by atoms with Gasteiger partial charge in [-0.05, 0) is 25.9 Å². The van der Waals surface area contributed by atoms with E-state index in [0.717, 1.165) is 18.7 Å². The zero-order valence-electron chi connectivity index (χ0n) is 14.5. The molecule has 1 aromatic rings. The van der Waals surface area contributed by atoms with Crippen molar-refractivity contribution in [1.82, 2.24) is 4.90 Å². The Morgan fingerprint density at radius 1 is 0.818 bits per heavy atom. The molecule has 0 unspecified atom stereocenters. The molecule has 0 atom stereocenters. The summed E-state index contributed by atoms with van der Waals surface area (Å²) in [6.07, 6.45) is 10.1. The predicted molar refractivity (Wildman–Crippen MR) is 95.5 cm³/mol. The van der Waals surface area contributed by atoms with Gasteiger partial charge in [-0.3, -0.25) is 9.69 Å². The standard InChI is InChI=1S/C20H33NO/c1-3-5-7-12-16-21(17-13-8-6-4-2)18-20(22)19-14-10-9-11-15-19/h9-11,14-15H,3-8,12-13,16-18H2,1-2H3. The van der Waals surface area contributed by atoms with E-state index in [-0.39, 0.29) is 5.78 Å². The Bertz CT molecular complexity index is 376. The minimum absolute atomic E-state index is 0.256. The van der Waals surface area contributed by atoms with Gasteiger partial charge < -0.3 is 0 Å². The van der Waals surface area contributed by atoms with Gasteiger partial charge in [0, 0.05) is 5.56 Å². The summed E-state index contributed by atoms with van der Waals surface area (Å²) >= 11 is 0. The number of carbonyl (C=O) groups is 1. The molecule has 0 aliphatic carbocycles. The summed E-state index contributed by atoms with van der Waals surface area (Å²) in [6.45, 7) is 7.17. The highest BCUT2D eigenvalue weighted by Crippen LogP contribution is 2.08. The van der Waals surface area contributed by atoms with Crippen LogP contribution < -0.4 is 0 Å². The summed E-state index contributed by atoms with van der Waals surface area (Å²) in [5.41, 5.74) is 0.842. The lowest BCUT2D eigenvalue weighted by Gasteiger charge is -2.21. The third-order valence-electron chi connectivity index (χ3n) is 4.12. The molecule has 2 nitrogen and oxygen atoms in total. The Morgan fingerprint density at radius 3 is 1.86 bits per heavy atom. The van der Waals surface area contributed by atoms with Crippen LogP contribution in [0.25, 0.3) is 0 Å². The van der Waals surface area contributed by atoms with E-state index >= 15 is 0 Å². The molecule has 124 valence electrons. The lowest BCUT2D eigenvalue weighted by Crippen LogP contribution is -2.32. The lowest BCUT2D eigenvalue weighted by atomic mass is 10.1. The Hall–Kier alpha value is -1.15. The van der Waals surface area contributed by atoms with Gasteiger partial charge in [0.25, 0.3) is 0 Å². The van der Waals surface area contributed by atoms with E-state index in [1.807, 2.05) is 30.3 Å². The molecule has 0 saturated heterocycles. The van der Waals surface area contributed by atoms with Crippen molar-refractivity contribution in [1.29, 1.82) is 0 Å². The molecule has 0 aromatic heterocycles. The summed E-state index contributed by atoms with van der Waals surface area (Å²) in [5, 5.41) is 0. The van der Waals surface area contributed by atoms with Crippen molar-refractivity contribution >= 4 is 5.78 Å². The van der Waals surface area contributed by atoms with Crippen LogP contribution in [0.2, 0.25) is 0 Å². The number of ketones is 1. The third-order valence-corrected chi connectivity index (χ3v) is 4.12. The third kappa shape index (κ3) is 8.33. The molecule has 0 amide bonds. The Balaban J connectivity index is 2.43. The van der Waals surface area contributed by atoms with Crippen LogP contribution >= 0.6 is 0 Å². The van der Waals surface area contributed by atoms with Crippen molar-refractivity contribution in [2.75, 3.05) is 19.6 Å². The van der Waals surface area contributed by atoms with Crippen molar-refractivity contribution in [3.8, 4) is 0 Å². The number of nitrogens with zero attached hydrogens (tertiary/aromatic N) is 1. The second-order valence-electron chi connectivity index (χ2n) is 6.19. The number of Topliss-reactive ketones (excluding diaryl/α,β-unsaturated/α-hetero) is 1. The van der Waals surface area contributed by atoms with Crippen LogP contribution in [0.15, 0.2) is 30.3 Å². The average Bonchev–Trinajstić information content (AvgIpc) is 2.56. The second-order valence-corrected chi connectivity index (χ2v) is 6.19. The maximum Gasteiger partial charge on any atom is 0.176 e. The quantitative estimate of drug-likeness (QED) is 0.362. The Kier molecular flexibility index (Phi) is 10.7. The van der Waals surface area contributed by atoms with Crippen molar-refractivity contribution in [2.45, 2.75) is 65.2 Å². The second kappa shape index (κ2) is 12.4. The first-order valence-electron chi connectivity index (χ1n) is 9.08. The maximum atomic E-state index is 12.4. The number of rotatable bonds is 13. The molecule has 1 aromatic carbocycles. The summed E-state index contributed by atoms with van der Waals surface area (Å²) in [4.78, 5) is 14.8. The molecular formula is C20H33NO. The molecule has 0 N–H and O–H groups in total. The predicted octanol–water partition coefficient (Wildman–Crippen LogP) is 5.33. The van der Waals surface area contributed by atoms with E-state index in [2.05, 4.69) is 18.7 Å². The summed E-state index contributed by atoms with van der Waals surface area (Å²) in [6, 6.07) is 9.70. The van der Waals surface area contributed by atoms with Gasteiger partial charge in [-0.15, -0.1) is 0 Å². The number of unbranched alkanes of at least 4 members (excludes halogenated alkanes) is 6. The monoisotopic (exact) mass is 303 g/mol. The van der Waals surface area contributed by atoms with Gasteiger partial charge in [-0.2, -0.15) is 0 Å². The molecule has 22 heavy (non-hydrogen) atoms. The van der Waals surface area contributed by atoms with Crippen LogP contribution in [0, 0.1) is 0 Å². The molecule has 0 spiro atoms. The zero-order valence-corrected chi connectivity index (χ0v) is 14.5. The normalized spacial score (nSPS) is 11.0. The van der Waals surface area contributed by atoms with Crippen molar-refractivity contribution in [3.63, 3.8) is 0 Å². The molecular weight excluding hydrogens is 270 g/mol. The van der Waals surface area contributed by atoms with E-state index in [1.165, 1.54) is 51.4 Å². The van der Waals surface area contributed by atoms with Gasteiger partial charge in [0.05, 0.1) is 6.54 Å². The molecule has 0 saturated carbocycles. The number of benzene rings is 1. The van der Waals surface area contributed by atoms with Crippen LogP contribution in [0.3, 0.4) is 0 Å². The molecule has 2 heteroatoms. The maximum absolute atomic E-state index is 12.4. The Labute approximate surface area is 136 Å². The topological polar surface area (TPSA) is 20.3 Å². The highest BCUT2D eigenvalue weighted by Gasteiger charge is 2.11. The molecule has 0 heterocycles. The van der Waals surface area contributed by atoms with Gasteiger partial charge in [0.1, 0.15) is 0 Å². The van der Waals surface area contributed by atoms with Gasteiger partial charge in [-0.1, -0.05) is 82.7 Å². The molecule has 0 aliphatic rings. The highest BCUT2D eigenvalue weighted by atomic mass is 16.1. The molecule has 0 bridgehead atoms. The van der Waals surface area contributed by atoms with Crippen molar-refractivity contribution in [2.24, 2.45) is 0 Å². The first-order chi connectivity index (χ1) is 10.8. The van der Waals surface area contributed by atoms with Crippen LogP contribution in [0.5, 0.6) is 0 Å². The van der Waals surface area contributed by atoms with E-state index < -0.39 is 0 Å². The fourth-order valence-electron chi connectivity index (χ4n) is 2.71. The average molecular weight is 303 g/mol. The molecule has 0 fully saturated rings. The lowest BCUT2D eigenvalue weighted by molar-refractivity contribution is 0.0927. The van der Waals surface area contributed by atoms with Crippen molar-refractivity contribution in [3.05, 3.63) is 35.9 Å². The van der Waals surface area contributed by atoms with E-state index in [4.69, 9.17) is 0 Å². The van der Waals surface area contributed by atoms with E-state index in [0.29, 0.717) is 6.54 Å². The molecule has 1 rings (SSSR count). The van der Waals surface area contributed by atoms with Gasteiger partial charge >= 0.3 is 0 Å². The highest BCUT2D eigenvalue weighted by molar-refractivity contribution is 5.97. The van der Waals surface area contributed by atoms with Crippen LogP contribution in [-0.4, -0.2) is 30.3 Å². The van der Waals surface area contributed by atoms with Crippen molar-refractivity contribution < 1.29 is 4.79 Å². The molecule has 0 aliphatic heterocycles. The molecule has 0 radical (unpaired) electrons. The van der Waals surface area contributed by atoms with E-state index in [9.17, 15) is 4.79 Å². The zero-order chi connectivity index (χ0) is 16.0. The van der Waals surface area contributed by atoms with Crippen LogP contribution in [0.4, 0.5) is 0 Å². The summed E-state index contributed by atoms with van der Waals surface area (Å²) in [5.74, 6) is 0.256. The largest absolute Gasteiger partial charge is 0.296 e. The SMILES string of the molecule is CCCCCCN(CCCCCC)CC(=O)c1ccccc1. The van der Waals surface area contributed by atoms with Gasteiger partial charge in [0.15, 0.2) is 5.78 Å². The number of carbonyl (C=O) groups excluding carboxylic acids is 1. The smallest absolute Gasteiger partial charge is 0.176 e. The van der Waals surface area contributed by atoms with Gasteiger partial charge in [0.2, 0.25) is 0 Å². The van der Waals surface area contributed by atoms with Gasteiger partial charge in [-0.25, -0.2) is 0 Å². The number of hydrogen-bond donors (Lipinski definition) is 0. The summed E-state index contributed by atoms with van der Waals surface area (Å²) < 4.78 is 0. The van der Waals surface area contributed by atoms with Crippen LogP contribution in [-0.2, 0) is 0 Å². The minimum Gasteiger partial charge on any atom is -0.296 e. The minimum atomic E-state index is 0.256. The Morgan fingerprint density at radius 2 is 1.36 bits per heavy atom. The van der Waals surface area contributed by atoms with Crippen LogP contribution in [0.1, 0.15) is 75.6 Å². The first kappa shape index (κ1) is 18.9. The summed E-state index contributed by atoms with van der Waals surface area (Å²) in [7, 11) is 0. The fourth-order valence-corrected chi connectivity index (χ4v) is 2.71. The number of hydrogen-bond acceptors (Lipinski definition) is 2. The first-order valence-corrected chi connectivity index (χ1v) is 9.08. The fraction of sp³-hybridized carbons (Fsp3) is 0.650. The van der Waals surface area contributed by atoms with E-state index in [1.54, 1.807) is 0 Å².